The summed E-state index contributed by atoms with van der Waals surface area (Å²) in [7, 11) is 2.53. The highest BCUT2D eigenvalue weighted by Crippen LogP contribution is 2.12. The van der Waals surface area contributed by atoms with Gasteiger partial charge in [0.1, 0.15) is 6.04 Å². The molecule has 20 heavy (non-hydrogen) atoms. The molecule has 7 nitrogen and oxygen atoms in total. The molecule has 0 aromatic rings. The van der Waals surface area contributed by atoms with Gasteiger partial charge in [-0.05, 0) is 32.4 Å². The Balaban J connectivity index is 2.52. The van der Waals surface area contributed by atoms with Crippen molar-refractivity contribution in [3.63, 3.8) is 0 Å². The van der Waals surface area contributed by atoms with Gasteiger partial charge in [-0.25, -0.2) is 4.79 Å². The monoisotopic (exact) mass is 286 g/mol. The number of carbonyl (C=O) groups is 3. The number of hydrogen-bond donors (Lipinski definition) is 2. The van der Waals surface area contributed by atoms with Crippen LogP contribution in [0.15, 0.2) is 0 Å². The maximum Gasteiger partial charge on any atom is 0.328 e. The van der Waals surface area contributed by atoms with Crippen LogP contribution in [0.1, 0.15) is 25.7 Å². The molecule has 114 valence electrons. The Morgan fingerprint density at radius 1 is 1.20 bits per heavy atom. The number of hydrogen-bond acceptors (Lipinski definition) is 6. The van der Waals surface area contributed by atoms with Crippen molar-refractivity contribution in [1.82, 2.24) is 10.6 Å². The van der Waals surface area contributed by atoms with Gasteiger partial charge in [0.25, 0.3) is 0 Å². The Bertz CT molecular complexity index is 353. The predicted molar refractivity (Wildman–Crippen MR) is 70.8 cm³/mol. The van der Waals surface area contributed by atoms with Gasteiger partial charge in [0.05, 0.1) is 14.2 Å². The van der Waals surface area contributed by atoms with Crippen molar-refractivity contribution in [3.05, 3.63) is 0 Å². The van der Waals surface area contributed by atoms with Crippen LogP contribution in [-0.2, 0) is 23.9 Å². The van der Waals surface area contributed by atoms with E-state index in [2.05, 4.69) is 20.1 Å². The summed E-state index contributed by atoms with van der Waals surface area (Å²) in [6, 6.07) is -0.804. The normalized spacial score (nSPS) is 17.1. The lowest BCUT2D eigenvalue weighted by Gasteiger charge is -2.24. The van der Waals surface area contributed by atoms with Crippen LogP contribution in [-0.4, -0.2) is 51.2 Å². The molecule has 1 aliphatic heterocycles. The predicted octanol–water partition coefficient (Wildman–Crippen LogP) is -0.403. The zero-order chi connectivity index (χ0) is 15.0. The maximum atomic E-state index is 12.1. The Kier molecular flexibility index (Phi) is 7.00. The van der Waals surface area contributed by atoms with Gasteiger partial charge in [-0.3, -0.25) is 9.59 Å². The molecule has 0 radical (unpaired) electrons. The number of esters is 2. The van der Waals surface area contributed by atoms with E-state index in [9.17, 15) is 14.4 Å². The molecule has 1 amide bonds. The third-order valence-electron chi connectivity index (χ3n) is 3.38. The Morgan fingerprint density at radius 2 is 1.85 bits per heavy atom. The Morgan fingerprint density at radius 3 is 2.40 bits per heavy atom. The van der Waals surface area contributed by atoms with Gasteiger partial charge in [0.15, 0.2) is 0 Å². The fraction of sp³-hybridized carbons (Fsp3) is 0.769. The number of piperidine rings is 1. The smallest absolute Gasteiger partial charge is 0.328 e. The molecule has 0 aliphatic carbocycles. The first kappa shape index (κ1) is 16.4. The van der Waals surface area contributed by atoms with Crippen molar-refractivity contribution < 1.29 is 23.9 Å². The van der Waals surface area contributed by atoms with Crippen molar-refractivity contribution in [2.45, 2.75) is 31.7 Å². The van der Waals surface area contributed by atoms with E-state index in [0.717, 1.165) is 25.9 Å². The van der Waals surface area contributed by atoms with Crippen molar-refractivity contribution in [2.24, 2.45) is 5.92 Å². The lowest BCUT2D eigenvalue weighted by molar-refractivity contribution is -0.147. The first-order valence-electron chi connectivity index (χ1n) is 6.74. The van der Waals surface area contributed by atoms with Crippen LogP contribution in [0.3, 0.4) is 0 Å². The topological polar surface area (TPSA) is 93.7 Å². The van der Waals surface area contributed by atoms with Gasteiger partial charge in [0.2, 0.25) is 5.91 Å². The average molecular weight is 286 g/mol. The molecule has 0 aromatic carbocycles. The van der Waals surface area contributed by atoms with E-state index in [1.807, 2.05) is 0 Å². The number of rotatable bonds is 6. The standard InChI is InChI=1S/C13H22N2O5/c1-19-11(16)4-3-10(13(18)20-2)15-12(17)9-5-7-14-8-6-9/h9-10,14H,3-8H2,1-2H3,(H,15,17). The highest BCUT2D eigenvalue weighted by Gasteiger charge is 2.27. The molecule has 1 rings (SSSR count). The molecular formula is C13H22N2O5. The molecular weight excluding hydrogens is 264 g/mol. The first-order chi connectivity index (χ1) is 9.58. The van der Waals surface area contributed by atoms with Gasteiger partial charge in [-0.2, -0.15) is 0 Å². The number of amides is 1. The molecule has 1 fully saturated rings. The summed E-state index contributed by atoms with van der Waals surface area (Å²) in [6.45, 7) is 1.59. The van der Waals surface area contributed by atoms with E-state index in [4.69, 9.17) is 0 Å². The zero-order valence-electron chi connectivity index (χ0n) is 11.9. The fourth-order valence-electron chi connectivity index (χ4n) is 2.13. The lowest BCUT2D eigenvalue weighted by Crippen LogP contribution is -2.46. The highest BCUT2D eigenvalue weighted by atomic mass is 16.5. The lowest BCUT2D eigenvalue weighted by atomic mass is 9.96. The van der Waals surface area contributed by atoms with Crippen LogP contribution in [0, 0.1) is 5.92 Å². The Hall–Kier alpha value is -1.63. The van der Waals surface area contributed by atoms with E-state index in [-0.39, 0.29) is 24.7 Å². The molecule has 0 saturated carbocycles. The molecule has 1 unspecified atom stereocenters. The van der Waals surface area contributed by atoms with Crippen LogP contribution >= 0.6 is 0 Å². The van der Waals surface area contributed by atoms with Gasteiger partial charge in [0, 0.05) is 12.3 Å². The van der Waals surface area contributed by atoms with Crippen LogP contribution in [0.4, 0.5) is 0 Å². The summed E-state index contributed by atoms with van der Waals surface area (Å²) in [6.07, 6.45) is 1.73. The van der Waals surface area contributed by atoms with Crippen molar-refractivity contribution in [1.29, 1.82) is 0 Å². The summed E-state index contributed by atoms with van der Waals surface area (Å²) in [5.41, 5.74) is 0. The van der Waals surface area contributed by atoms with Crippen molar-refractivity contribution >= 4 is 17.8 Å². The summed E-state index contributed by atoms with van der Waals surface area (Å²) in [4.78, 5) is 34.8. The molecule has 1 atom stereocenters. The van der Waals surface area contributed by atoms with Crippen LogP contribution in [0.5, 0.6) is 0 Å². The molecule has 1 aliphatic rings. The first-order valence-corrected chi connectivity index (χ1v) is 6.74. The van der Waals surface area contributed by atoms with Crippen LogP contribution < -0.4 is 10.6 Å². The van der Waals surface area contributed by atoms with Gasteiger partial charge < -0.3 is 20.1 Å². The van der Waals surface area contributed by atoms with Gasteiger partial charge in [-0.1, -0.05) is 0 Å². The molecule has 0 bridgehead atoms. The molecule has 2 N–H and O–H groups in total. The second-order valence-corrected chi connectivity index (χ2v) is 4.72. The third kappa shape index (κ3) is 5.16. The minimum atomic E-state index is -0.804. The van der Waals surface area contributed by atoms with Crippen LogP contribution in [0.25, 0.3) is 0 Å². The quantitative estimate of drug-likeness (QED) is 0.645. The minimum Gasteiger partial charge on any atom is -0.469 e. The maximum absolute atomic E-state index is 12.1. The summed E-state index contributed by atoms with van der Waals surface area (Å²) < 4.78 is 9.17. The molecule has 0 spiro atoms. The SMILES string of the molecule is COC(=O)CCC(NC(=O)C1CCNCC1)C(=O)OC. The van der Waals surface area contributed by atoms with Gasteiger partial charge >= 0.3 is 11.9 Å². The molecule has 1 heterocycles. The second-order valence-electron chi connectivity index (χ2n) is 4.72. The number of carbonyl (C=O) groups excluding carboxylic acids is 3. The molecule has 0 aromatic heterocycles. The Labute approximate surface area is 118 Å². The molecule has 1 saturated heterocycles. The summed E-state index contributed by atoms with van der Waals surface area (Å²) in [5, 5.41) is 5.84. The van der Waals surface area contributed by atoms with E-state index in [1.54, 1.807) is 0 Å². The van der Waals surface area contributed by atoms with Gasteiger partial charge in [-0.15, -0.1) is 0 Å². The highest BCUT2D eigenvalue weighted by molar-refractivity contribution is 5.86. The number of nitrogens with one attached hydrogen (secondary N) is 2. The van der Waals surface area contributed by atoms with E-state index in [1.165, 1.54) is 14.2 Å². The second kappa shape index (κ2) is 8.52. The summed E-state index contributed by atoms with van der Waals surface area (Å²) in [5.74, 6) is -1.22. The summed E-state index contributed by atoms with van der Waals surface area (Å²) >= 11 is 0. The molecule has 7 heteroatoms. The number of ether oxygens (including phenoxy) is 2. The van der Waals surface area contributed by atoms with Crippen molar-refractivity contribution in [3.8, 4) is 0 Å². The average Bonchev–Trinajstić information content (AvgIpc) is 2.50. The minimum absolute atomic E-state index is 0.0583. The van der Waals surface area contributed by atoms with Crippen molar-refractivity contribution in [2.75, 3.05) is 27.3 Å². The number of methoxy groups -OCH3 is 2. The third-order valence-corrected chi connectivity index (χ3v) is 3.38. The largest absolute Gasteiger partial charge is 0.469 e. The van der Waals surface area contributed by atoms with Crippen LogP contribution in [0.2, 0.25) is 0 Å². The fourth-order valence-corrected chi connectivity index (χ4v) is 2.13. The van der Waals surface area contributed by atoms with E-state index >= 15 is 0 Å². The van der Waals surface area contributed by atoms with E-state index < -0.39 is 18.0 Å². The van der Waals surface area contributed by atoms with E-state index in [0.29, 0.717) is 0 Å². The zero-order valence-corrected chi connectivity index (χ0v) is 11.9.